The van der Waals surface area contributed by atoms with Gasteiger partial charge in [0, 0.05) is 13.0 Å². The zero-order valence-electron chi connectivity index (χ0n) is 10.5. The van der Waals surface area contributed by atoms with E-state index < -0.39 is 5.97 Å². The molecule has 0 aliphatic carbocycles. The van der Waals surface area contributed by atoms with Gasteiger partial charge in [-0.1, -0.05) is 6.92 Å². The maximum absolute atomic E-state index is 11.0. The van der Waals surface area contributed by atoms with Crippen LogP contribution in [0, 0.1) is 11.3 Å². The number of carboxylic acid groups (broad SMARTS) is 1. The number of nitrogens with zero attached hydrogens (tertiary/aromatic N) is 1. The largest absolute Gasteiger partial charge is 0.480 e. The highest BCUT2D eigenvalue weighted by atomic mass is 16.5. The lowest BCUT2D eigenvalue weighted by Crippen LogP contribution is -2.13. The lowest BCUT2D eigenvalue weighted by Gasteiger charge is -2.13. The molecule has 0 bridgehead atoms. The van der Waals surface area contributed by atoms with Crippen molar-refractivity contribution in [3.8, 4) is 6.07 Å². The van der Waals surface area contributed by atoms with Crippen LogP contribution in [0.5, 0.6) is 0 Å². The third kappa shape index (κ3) is 5.93. The van der Waals surface area contributed by atoms with Crippen molar-refractivity contribution in [2.45, 2.75) is 39.7 Å². The molecule has 0 saturated heterocycles. The number of allylic oxidation sites excluding steroid dienone is 1. The summed E-state index contributed by atoms with van der Waals surface area (Å²) in [6.45, 7) is 6.30. The van der Waals surface area contributed by atoms with Crippen LogP contribution in [0.2, 0.25) is 0 Å². The van der Waals surface area contributed by atoms with Crippen molar-refractivity contribution in [2.75, 3.05) is 13.2 Å². The Morgan fingerprint density at radius 2 is 2.12 bits per heavy atom. The van der Waals surface area contributed by atoms with E-state index in [0.717, 1.165) is 0 Å². The summed E-state index contributed by atoms with van der Waals surface area (Å²) in [6.07, 6.45) is 0.706. The van der Waals surface area contributed by atoms with Gasteiger partial charge in [-0.15, -0.1) is 0 Å². The van der Waals surface area contributed by atoms with E-state index in [0.29, 0.717) is 13.0 Å². The van der Waals surface area contributed by atoms with Gasteiger partial charge < -0.3 is 14.6 Å². The highest BCUT2D eigenvalue weighted by molar-refractivity contribution is 5.87. The van der Waals surface area contributed by atoms with E-state index in [1.807, 2.05) is 13.8 Å². The molecular weight excluding hydrogens is 222 g/mol. The first-order valence-electron chi connectivity index (χ1n) is 5.67. The standard InChI is InChI=1S/C12H19NO4/c1-4-9(3)17-11(8-13)10(12(14)15)6-7-16-5-2/h9H,4-7H2,1-3H3,(H,14,15). The van der Waals surface area contributed by atoms with Gasteiger partial charge in [0.25, 0.3) is 0 Å². The van der Waals surface area contributed by atoms with Gasteiger partial charge in [-0.3, -0.25) is 0 Å². The maximum atomic E-state index is 11.0. The fraction of sp³-hybridized carbons (Fsp3) is 0.667. The van der Waals surface area contributed by atoms with Crippen molar-refractivity contribution in [3.63, 3.8) is 0 Å². The van der Waals surface area contributed by atoms with Crippen molar-refractivity contribution in [1.29, 1.82) is 5.26 Å². The lowest BCUT2D eigenvalue weighted by molar-refractivity contribution is -0.133. The molecule has 0 aromatic heterocycles. The van der Waals surface area contributed by atoms with Gasteiger partial charge in [0.15, 0.2) is 0 Å². The van der Waals surface area contributed by atoms with Gasteiger partial charge >= 0.3 is 5.97 Å². The summed E-state index contributed by atoms with van der Waals surface area (Å²) in [4.78, 5) is 11.0. The highest BCUT2D eigenvalue weighted by Crippen LogP contribution is 2.14. The van der Waals surface area contributed by atoms with Crippen molar-refractivity contribution in [2.24, 2.45) is 0 Å². The van der Waals surface area contributed by atoms with Crippen molar-refractivity contribution >= 4 is 5.97 Å². The molecule has 1 atom stereocenters. The van der Waals surface area contributed by atoms with Crippen LogP contribution in [0.4, 0.5) is 0 Å². The zero-order chi connectivity index (χ0) is 13.3. The van der Waals surface area contributed by atoms with Crippen LogP contribution in [0.15, 0.2) is 11.3 Å². The van der Waals surface area contributed by atoms with Crippen LogP contribution in [0.1, 0.15) is 33.6 Å². The van der Waals surface area contributed by atoms with E-state index in [1.165, 1.54) is 0 Å². The van der Waals surface area contributed by atoms with Gasteiger partial charge in [-0.05, 0) is 20.3 Å². The number of hydrogen-bond acceptors (Lipinski definition) is 4. The average molecular weight is 241 g/mol. The number of ether oxygens (including phenoxy) is 2. The molecule has 5 nitrogen and oxygen atoms in total. The van der Waals surface area contributed by atoms with Crippen LogP contribution >= 0.6 is 0 Å². The average Bonchev–Trinajstić information content (AvgIpc) is 2.31. The van der Waals surface area contributed by atoms with Crippen molar-refractivity contribution in [1.82, 2.24) is 0 Å². The molecule has 5 heteroatoms. The smallest absolute Gasteiger partial charge is 0.336 e. The van der Waals surface area contributed by atoms with E-state index in [4.69, 9.17) is 19.8 Å². The van der Waals surface area contributed by atoms with Crippen LogP contribution in [0.25, 0.3) is 0 Å². The summed E-state index contributed by atoms with van der Waals surface area (Å²) in [5, 5.41) is 17.9. The summed E-state index contributed by atoms with van der Waals surface area (Å²) in [7, 11) is 0. The Morgan fingerprint density at radius 1 is 1.47 bits per heavy atom. The first-order valence-corrected chi connectivity index (χ1v) is 5.67. The SMILES string of the molecule is CCOCCC(C(=O)O)=C(C#N)OC(C)CC. The maximum Gasteiger partial charge on any atom is 0.336 e. The normalized spacial score (nSPS) is 13.5. The minimum atomic E-state index is -1.13. The lowest BCUT2D eigenvalue weighted by atomic mass is 10.1. The number of rotatable bonds is 8. The minimum Gasteiger partial charge on any atom is -0.480 e. The quantitative estimate of drug-likeness (QED) is 0.304. The fourth-order valence-electron chi connectivity index (χ4n) is 1.09. The molecule has 0 spiro atoms. The molecule has 0 aliphatic heterocycles. The highest BCUT2D eigenvalue weighted by Gasteiger charge is 2.17. The molecule has 0 aromatic carbocycles. The second-order valence-corrected chi connectivity index (χ2v) is 3.51. The van der Waals surface area contributed by atoms with Gasteiger partial charge in [0.1, 0.15) is 6.07 Å². The first kappa shape index (κ1) is 15.5. The predicted molar refractivity (Wildman–Crippen MR) is 62.2 cm³/mol. The summed E-state index contributed by atoms with van der Waals surface area (Å²) in [5.41, 5.74) is -0.0266. The van der Waals surface area contributed by atoms with Gasteiger partial charge in [0.2, 0.25) is 5.76 Å². The molecule has 0 rings (SSSR count). The number of aliphatic carboxylic acids is 1. The Labute approximate surface area is 102 Å². The third-order valence-electron chi connectivity index (χ3n) is 2.23. The fourth-order valence-corrected chi connectivity index (χ4v) is 1.09. The Kier molecular flexibility index (Phi) is 7.82. The van der Waals surface area contributed by atoms with E-state index in [-0.39, 0.29) is 30.5 Å². The van der Waals surface area contributed by atoms with E-state index >= 15 is 0 Å². The first-order chi connectivity index (χ1) is 8.06. The molecule has 0 aromatic rings. The number of nitriles is 1. The number of carboxylic acids is 1. The van der Waals surface area contributed by atoms with E-state index in [1.54, 1.807) is 13.0 Å². The summed E-state index contributed by atoms with van der Waals surface area (Å²) >= 11 is 0. The predicted octanol–water partition coefficient (Wildman–Crippen LogP) is 2.09. The Balaban J connectivity index is 4.79. The van der Waals surface area contributed by atoms with E-state index in [2.05, 4.69) is 0 Å². The van der Waals surface area contributed by atoms with E-state index in [9.17, 15) is 4.79 Å². The minimum absolute atomic E-state index is 0.0266. The van der Waals surface area contributed by atoms with Gasteiger partial charge in [-0.2, -0.15) is 5.26 Å². The molecule has 1 N–H and O–H groups in total. The molecule has 96 valence electrons. The molecule has 0 amide bonds. The summed E-state index contributed by atoms with van der Waals surface area (Å²) in [6, 6.07) is 1.80. The molecule has 0 heterocycles. The molecule has 0 saturated carbocycles. The van der Waals surface area contributed by atoms with Crippen LogP contribution in [-0.4, -0.2) is 30.4 Å². The molecule has 0 aliphatic rings. The van der Waals surface area contributed by atoms with Crippen LogP contribution in [-0.2, 0) is 14.3 Å². The Hall–Kier alpha value is -1.54. The Morgan fingerprint density at radius 3 is 2.53 bits per heavy atom. The van der Waals surface area contributed by atoms with Crippen LogP contribution in [0.3, 0.4) is 0 Å². The monoisotopic (exact) mass is 241 g/mol. The summed E-state index contributed by atoms with van der Waals surface area (Å²) in [5.74, 6) is -1.25. The molecule has 0 radical (unpaired) electrons. The molecule has 1 unspecified atom stereocenters. The van der Waals surface area contributed by atoms with Crippen LogP contribution < -0.4 is 0 Å². The molecule has 0 fully saturated rings. The van der Waals surface area contributed by atoms with Crippen molar-refractivity contribution < 1.29 is 19.4 Å². The third-order valence-corrected chi connectivity index (χ3v) is 2.23. The number of hydrogen-bond donors (Lipinski definition) is 1. The summed E-state index contributed by atoms with van der Waals surface area (Å²) < 4.78 is 10.4. The number of carbonyl (C=O) groups is 1. The van der Waals surface area contributed by atoms with Gasteiger partial charge in [0.05, 0.1) is 18.3 Å². The second kappa shape index (κ2) is 8.59. The van der Waals surface area contributed by atoms with Gasteiger partial charge in [-0.25, -0.2) is 4.79 Å². The second-order valence-electron chi connectivity index (χ2n) is 3.51. The zero-order valence-corrected chi connectivity index (χ0v) is 10.5. The molecule has 17 heavy (non-hydrogen) atoms. The Bertz CT molecular complexity index is 317. The van der Waals surface area contributed by atoms with Crippen molar-refractivity contribution in [3.05, 3.63) is 11.3 Å². The topological polar surface area (TPSA) is 79.5 Å². The molecular formula is C12H19NO4.